The number of amides is 2. The topological polar surface area (TPSA) is 56.3 Å². The Labute approximate surface area is 220 Å². The molecule has 204 valence electrons. The molecule has 11 heteroatoms. The predicted molar refractivity (Wildman–Crippen MR) is 134 cm³/mol. The zero-order valence-corrected chi connectivity index (χ0v) is 22.1. The fourth-order valence-corrected chi connectivity index (χ4v) is 6.61. The largest absolute Gasteiger partial charge is 0.437 e. The van der Waals surface area contributed by atoms with Crippen molar-refractivity contribution in [3.8, 4) is 0 Å². The first-order valence-corrected chi connectivity index (χ1v) is 13.3. The van der Waals surface area contributed by atoms with Crippen LogP contribution in [0.5, 0.6) is 0 Å². The Kier molecular flexibility index (Phi) is 6.80. The number of carbonyl (C=O) groups is 2. The monoisotopic (exact) mass is 542 g/mol. The van der Waals surface area contributed by atoms with Gasteiger partial charge in [-0.15, -0.1) is 0 Å². The molecule has 2 spiro atoms. The van der Waals surface area contributed by atoms with Crippen molar-refractivity contribution in [3.63, 3.8) is 0 Å². The first-order valence-electron chi connectivity index (χ1n) is 13.0. The highest BCUT2D eigenvalue weighted by molar-refractivity contribution is 6.30. The van der Waals surface area contributed by atoms with Gasteiger partial charge in [0.1, 0.15) is 0 Å². The van der Waals surface area contributed by atoms with Gasteiger partial charge in [0.25, 0.3) is 0 Å². The van der Waals surface area contributed by atoms with Crippen LogP contribution in [-0.4, -0.2) is 90.3 Å². The van der Waals surface area contributed by atoms with Gasteiger partial charge in [-0.3, -0.25) is 9.69 Å². The van der Waals surface area contributed by atoms with Gasteiger partial charge < -0.3 is 19.4 Å². The van der Waals surface area contributed by atoms with E-state index in [0.29, 0.717) is 24.7 Å². The molecule has 1 aromatic rings. The van der Waals surface area contributed by atoms with Gasteiger partial charge in [0.05, 0.1) is 5.54 Å². The van der Waals surface area contributed by atoms with Gasteiger partial charge in [0.15, 0.2) is 6.10 Å². The Morgan fingerprint density at radius 2 is 1.70 bits per heavy atom. The van der Waals surface area contributed by atoms with Crippen LogP contribution < -0.4 is 4.90 Å². The molecule has 2 amide bonds. The molecule has 1 atom stereocenters. The van der Waals surface area contributed by atoms with Crippen molar-refractivity contribution in [2.45, 2.75) is 63.9 Å². The van der Waals surface area contributed by atoms with Crippen molar-refractivity contribution in [3.05, 3.63) is 28.8 Å². The van der Waals surface area contributed by atoms with Crippen LogP contribution in [0.3, 0.4) is 0 Å². The molecule has 4 aliphatic heterocycles. The summed E-state index contributed by atoms with van der Waals surface area (Å²) in [6.45, 7) is 8.30. The second kappa shape index (κ2) is 9.52. The molecule has 0 aromatic heterocycles. The minimum Gasteiger partial charge on any atom is -0.437 e. The lowest BCUT2D eigenvalue weighted by Gasteiger charge is -2.54. The van der Waals surface area contributed by atoms with E-state index in [-0.39, 0.29) is 16.9 Å². The van der Waals surface area contributed by atoms with E-state index >= 15 is 0 Å². The molecule has 4 aliphatic rings. The second-order valence-corrected chi connectivity index (χ2v) is 11.8. The van der Waals surface area contributed by atoms with Gasteiger partial charge >= 0.3 is 12.3 Å². The maximum Gasteiger partial charge on any atom is 0.425 e. The molecule has 4 heterocycles. The quantitative estimate of drug-likeness (QED) is 0.560. The van der Waals surface area contributed by atoms with Crippen LogP contribution in [-0.2, 0) is 16.1 Å². The standard InChI is InChI=1S/C26H34ClF3N4O3/c1-18(26(28,29)30)37-23(36)33-16-25(17-33)4-3-7-34(25)13-20-10-21(27)12-22(11-20)31-8-5-24(6-9-31)14-32(15-24)19(2)35/h10-12,18H,3-9,13-17H2,1-2H3. The summed E-state index contributed by atoms with van der Waals surface area (Å²) in [4.78, 5) is 31.8. The Hall–Kier alpha value is -2.20. The van der Waals surface area contributed by atoms with E-state index in [1.807, 2.05) is 17.0 Å². The van der Waals surface area contributed by atoms with Crippen molar-refractivity contribution < 1.29 is 27.5 Å². The summed E-state index contributed by atoms with van der Waals surface area (Å²) in [6.07, 6.45) is -3.63. The number of halogens is 4. The summed E-state index contributed by atoms with van der Waals surface area (Å²) in [6, 6.07) is 6.14. The third-order valence-electron chi connectivity index (χ3n) is 8.71. The lowest BCUT2D eigenvalue weighted by atomic mass is 9.72. The maximum absolute atomic E-state index is 12.8. The first kappa shape index (κ1) is 26.4. The third-order valence-corrected chi connectivity index (χ3v) is 8.93. The average Bonchev–Trinajstić information content (AvgIpc) is 3.18. The Morgan fingerprint density at radius 3 is 2.32 bits per heavy atom. The van der Waals surface area contributed by atoms with Crippen molar-refractivity contribution >= 4 is 29.3 Å². The predicted octanol–water partition coefficient (Wildman–Crippen LogP) is 4.53. The summed E-state index contributed by atoms with van der Waals surface area (Å²) in [5, 5.41) is 0.674. The highest BCUT2D eigenvalue weighted by Crippen LogP contribution is 2.43. The van der Waals surface area contributed by atoms with Crippen LogP contribution >= 0.6 is 11.6 Å². The van der Waals surface area contributed by atoms with Crippen LogP contribution in [0, 0.1) is 5.41 Å². The summed E-state index contributed by atoms with van der Waals surface area (Å²) in [5.41, 5.74) is 2.20. The van der Waals surface area contributed by atoms with Gasteiger partial charge in [-0.25, -0.2) is 4.79 Å². The van der Waals surface area contributed by atoms with Crippen LogP contribution in [0.25, 0.3) is 0 Å². The number of benzene rings is 1. The summed E-state index contributed by atoms with van der Waals surface area (Å²) < 4.78 is 42.9. The number of alkyl halides is 3. The molecule has 5 rings (SSSR count). The lowest BCUT2D eigenvalue weighted by molar-refractivity contribution is -0.202. The van der Waals surface area contributed by atoms with E-state index < -0.39 is 18.4 Å². The van der Waals surface area contributed by atoms with E-state index in [4.69, 9.17) is 11.6 Å². The van der Waals surface area contributed by atoms with Gasteiger partial charge in [-0.1, -0.05) is 11.6 Å². The summed E-state index contributed by atoms with van der Waals surface area (Å²) >= 11 is 6.52. The number of nitrogens with zero attached hydrogens (tertiary/aromatic N) is 4. The number of anilines is 1. The Morgan fingerprint density at radius 1 is 1.03 bits per heavy atom. The van der Waals surface area contributed by atoms with Gasteiger partial charge in [-0.2, -0.15) is 13.2 Å². The van der Waals surface area contributed by atoms with E-state index in [2.05, 4.69) is 20.6 Å². The van der Waals surface area contributed by atoms with Crippen LogP contribution in [0.1, 0.15) is 45.1 Å². The molecule has 1 unspecified atom stereocenters. The third kappa shape index (κ3) is 5.24. The van der Waals surface area contributed by atoms with Crippen LogP contribution in [0.4, 0.5) is 23.7 Å². The highest BCUT2D eigenvalue weighted by atomic mass is 35.5. The van der Waals surface area contributed by atoms with E-state index in [9.17, 15) is 22.8 Å². The smallest absolute Gasteiger partial charge is 0.425 e. The van der Waals surface area contributed by atoms with Crippen molar-refractivity contribution in [2.75, 3.05) is 50.7 Å². The highest BCUT2D eigenvalue weighted by Gasteiger charge is 2.53. The van der Waals surface area contributed by atoms with Gasteiger partial charge in [-0.05, 0) is 62.9 Å². The lowest BCUT2D eigenvalue weighted by Crippen LogP contribution is -2.69. The first-order chi connectivity index (χ1) is 17.4. The minimum absolute atomic E-state index is 0.148. The fourth-order valence-electron chi connectivity index (χ4n) is 6.35. The molecule has 4 fully saturated rings. The zero-order chi connectivity index (χ0) is 26.6. The molecule has 0 N–H and O–H groups in total. The number of carbonyl (C=O) groups excluding carboxylic acids is 2. The average molecular weight is 543 g/mol. The number of piperidine rings is 1. The van der Waals surface area contributed by atoms with Crippen molar-refractivity contribution in [2.24, 2.45) is 5.41 Å². The SMILES string of the molecule is CC(=O)N1CC2(CCN(c3cc(Cl)cc(CN4CCCC45CN(C(=O)OC(C)C(F)(F)F)C5)c3)CC2)C1. The molecule has 37 heavy (non-hydrogen) atoms. The number of ether oxygens (including phenoxy) is 1. The summed E-state index contributed by atoms with van der Waals surface area (Å²) in [5.74, 6) is 0.148. The molecule has 0 aliphatic carbocycles. The Balaban J connectivity index is 1.18. The van der Waals surface area contributed by atoms with E-state index in [0.717, 1.165) is 76.6 Å². The molecule has 0 radical (unpaired) electrons. The number of hydrogen-bond donors (Lipinski definition) is 0. The summed E-state index contributed by atoms with van der Waals surface area (Å²) in [7, 11) is 0. The number of likely N-dealkylation sites (tertiary alicyclic amines) is 3. The van der Waals surface area contributed by atoms with Crippen LogP contribution in [0.15, 0.2) is 18.2 Å². The van der Waals surface area contributed by atoms with Crippen LogP contribution in [0.2, 0.25) is 5.02 Å². The fraction of sp³-hybridized carbons (Fsp3) is 0.692. The second-order valence-electron chi connectivity index (χ2n) is 11.4. The maximum atomic E-state index is 12.8. The zero-order valence-electron chi connectivity index (χ0n) is 21.3. The van der Waals surface area contributed by atoms with E-state index in [1.165, 1.54) is 4.90 Å². The minimum atomic E-state index is -4.57. The number of rotatable bonds is 4. The Bertz CT molecular complexity index is 1050. The van der Waals surface area contributed by atoms with E-state index in [1.54, 1.807) is 6.92 Å². The molecular weight excluding hydrogens is 509 g/mol. The normalized spacial score (nSPS) is 23.7. The molecule has 7 nitrogen and oxygen atoms in total. The number of hydrogen-bond acceptors (Lipinski definition) is 5. The molecule has 1 aromatic carbocycles. The van der Waals surface area contributed by atoms with Crippen molar-refractivity contribution in [1.82, 2.24) is 14.7 Å². The van der Waals surface area contributed by atoms with Crippen molar-refractivity contribution in [1.29, 1.82) is 0 Å². The molecular formula is C26H34ClF3N4O3. The molecule has 0 saturated carbocycles. The van der Waals surface area contributed by atoms with Gasteiger partial charge in [0.2, 0.25) is 5.91 Å². The van der Waals surface area contributed by atoms with Gasteiger partial charge in [0, 0.05) is 68.9 Å². The molecule has 4 saturated heterocycles. The molecule has 0 bridgehead atoms.